The summed E-state index contributed by atoms with van der Waals surface area (Å²) in [5.74, 6) is 0.706. The minimum absolute atomic E-state index is 0. The first-order chi connectivity index (χ1) is 12.6. The summed E-state index contributed by atoms with van der Waals surface area (Å²) in [6.07, 6.45) is 5.55. The molecular weight excluding hydrogens is 455 g/mol. The van der Waals surface area contributed by atoms with Gasteiger partial charge in [0.25, 0.3) is 0 Å². The molecule has 0 radical (unpaired) electrons. The van der Waals surface area contributed by atoms with E-state index < -0.39 is 0 Å². The Morgan fingerprint density at radius 1 is 1.26 bits per heavy atom. The van der Waals surface area contributed by atoms with Gasteiger partial charge in [-0.2, -0.15) is 0 Å². The van der Waals surface area contributed by atoms with E-state index in [1.807, 2.05) is 0 Å². The number of aliphatic imine (C=N–C) groups is 1. The smallest absolute Gasteiger partial charge is 0.243 e. The molecule has 2 N–H and O–H groups in total. The number of fused-ring (bicyclic) bond motifs is 1. The van der Waals surface area contributed by atoms with Gasteiger partial charge in [0, 0.05) is 33.3 Å². The summed E-state index contributed by atoms with van der Waals surface area (Å²) in [6, 6.07) is 8.95. The van der Waals surface area contributed by atoms with Crippen molar-refractivity contribution in [1.29, 1.82) is 0 Å². The monoisotopic (exact) mass is 486 g/mol. The first-order valence-electron chi connectivity index (χ1n) is 9.55. The van der Waals surface area contributed by atoms with E-state index in [-0.39, 0.29) is 42.5 Å². The summed E-state index contributed by atoms with van der Waals surface area (Å²) in [5.41, 5.74) is 2.85. The third kappa shape index (κ3) is 6.64. The molecule has 1 fully saturated rings. The van der Waals surface area contributed by atoms with Crippen molar-refractivity contribution in [2.24, 2.45) is 4.99 Å². The van der Waals surface area contributed by atoms with E-state index in [1.165, 1.54) is 11.1 Å². The number of halogens is 1. The van der Waals surface area contributed by atoms with E-state index in [2.05, 4.69) is 39.9 Å². The molecule has 3 rings (SSSR count). The summed E-state index contributed by atoms with van der Waals surface area (Å²) in [4.78, 5) is 18.0. The lowest BCUT2D eigenvalue weighted by atomic mass is 9.88. The molecule has 1 aromatic rings. The van der Waals surface area contributed by atoms with Crippen LogP contribution in [0.25, 0.3) is 0 Å². The standard InChI is InChI=1S/C20H30N4O2.HI/c1-24(2)19(25)14-22-20(21-13-18-8-5-11-26-18)23-17-10-9-15-6-3-4-7-16(15)12-17;/h3-4,6-7,17-18H,5,8-14H2,1-2H3,(H2,21,22,23);1H. The van der Waals surface area contributed by atoms with Gasteiger partial charge in [-0.05, 0) is 43.2 Å². The Hall–Kier alpha value is -1.35. The van der Waals surface area contributed by atoms with Gasteiger partial charge in [-0.15, -0.1) is 24.0 Å². The Labute approximate surface area is 179 Å². The zero-order valence-electron chi connectivity index (χ0n) is 16.2. The fourth-order valence-electron chi connectivity index (χ4n) is 3.47. The number of guanidine groups is 1. The highest BCUT2D eigenvalue weighted by molar-refractivity contribution is 14.0. The highest BCUT2D eigenvalue weighted by Gasteiger charge is 2.21. The van der Waals surface area contributed by atoms with E-state index in [4.69, 9.17) is 4.74 Å². The molecular formula is C20H31IN4O2. The van der Waals surface area contributed by atoms with Gasteiger partial charge in [0.1, 0.15) is 6.54 Å². The average molecular weight is 486 g/mol. The lowest BCUT2D eigenvalue weighted by Gasteiger charge is -2.27. The van der Waals surface area contributed by atoms with Crippen molar-refractivity contribution < 1.29 is 9.53 Å². The molecule has 2 aliphatic rings. The molecule has 2 atom stereocenters. The molecule has 6 nitrogen and oxygen atoms in total. The largest absolute Gasteiger partial charge is 0.376 e. The van der Waals surface area contributed by atoms with Gasteiger partial charge >= 0.3 is 0 Å². The van der Waals surface area contributed by atoms with Crippen LogP contribution in [0.5, 0.6) is 0 Å². The van der Waals surface area contributed by atoms with Crippen molar-refractivity contribution in [2.45, 2.75) is 44.2 Å². The van der Waals surface area contributed by atoms with Crippen LogP contribution in [0.2, 0.25) is 0 Å². The molecule has 0 spiro atoms. The Bertz CT molecular complexity index is 645. The van der Waals surface area contributed by atoms with Gasteiger partial charge < -0.3 is 20.3 Å². The van der Waals surface area contributed by atoms with Crippen LogP contribution in [0.15, 0.2) is 29.3 Å². The maximum absolute atomic E-state index is 11.9. The number of rotatable bonds is 5. The van der Waals surface area contributed by atoms with Gasteiger partial charge in [-0.1, -0.05) is 24.3 Å². The minimum atomic E-state index is -0.00259. The van der Waals surface area contributed by atoms with Crippen molar-refractivity contribution >= 4 is 35.8 Å². The van der Waals surface area contributed by atoms with Crippen LogP contribution in [0.4, 0.5) is 0 Å². The quantitative estimate of drug-likeness (QED) is 0.380. The molecule has 1 aliphatic carbocycles. The maximum Gasteiger partial charge on any atom is 0.243 e. The van der Waals surface area contributed by atoms with Crippen LogP contribution in [0.1, 0.15) is 30.4 Å². The van der Waals surface area contributed by atoms with E-state index in [1.54, 1.807) is 19.0 Å². The number of benzene rings is 1. The molecule has 0 bridgehead atoms. The van der Waals surface area contributed by atoms with Crippen molar-refractivity contribution in [3.63, 3.8) is 0 Å². The van der Waals surface area contributed by atoms with Crippen LogP contribution in [-0.2, 0) is 22.4 Å². The minimum Gasteiger partial charge on any atom is -0.376 e. The number of likely N-dealkylation sites (N-methyl/N-ethyl adjacent to an activating group) is 1. The molecule has 150 valence electrons. The molecule has 1 heterocycles. The lowest BCUT2D eigenvalue weighted by Crippen LogP contribution is -2.48. The predicted molar refractivity (Wildman–Crippen MR) is 119 cm³/mol. The van der Waals surface area contributed by atoms with Crippen LogP contribution >= 0.6 is 24.0 Å². The normalized spacial score (nSPS) is 21.8. The molecule has 27 heavy (non-hydrogen) atoms. The van der Waals surface area contributed by atoms with Gasteiger partial charge in [-0.25, -0.2) is 4.99 Å². The number of amides is 1. The van der Waals surface area contributed by atoms with Crippen LogP contribution in [0, 0.1) is 0 Å². The molecule has 1 saturated heterocycles. The third-order valence-corrected chi connectivity index (χ3v) is 5.08. The fourth-order valence-corrected chi connectivity index (χ4v) is 3.47. The van der Waals surface area contributed by atoms with Crippen LogP contribution < -0.4 is 10.6 Å². The average Bonchev–Trinajstić information content (AvgIpc) is 3.17. The maximum atomic E-state index is 11.9. The van der Waals surface area contributed by atoms with Crippen molar-refractivity contribution in [3.8, 4) is 0 Å². The number of carbonyl (C=O) groups is 1. The topological polar surface area (TPSA) is 66.0 Å². The molecule has 1 aliphatic heterocycles. The molecule has 0 saturated carbocycles. The number of nitrogens with one attached hydrogen (secondary N) is 2. The Kier molecular flexibility index (Phi) is 8.82. The van der Waals surface area contributed by atoms with Crippen molar-refractivity contribution in [1.82, 2.24) is 15.5 Å². The summed E-state index contributed by atoms with van der Waals surface area (Å²) >= 11 is 0. The second kappa shape index (κ2) is 10.8. The van der Waals surface area contributed by atoms with Gasteiger partial charge in [0.05, 0.1) is 6.10 Å². The molecule has 2 unspecified atom stereocenters. The van der Waals surface area contributed by atoms with E-state index in [9.17, 15) is 4.79 Å². The first-order valence-corrected chi connectivity index (χ1v) is 9.55. The summed E-state index contributed by atoms with van der Waals surface area (Å²) in [5, 5.41) is 6.90. The fraction of sp³-hybridized carbons (Fsp3) is 0.600. The van der Waals surface area contributed by atoms with Crippen molar-refractivity contribution in [2.75, 3.05) is 33.8 Å². The second-order valence-electron chi connectivity index (χ2n) is 7.32. The van der Waals surface area contributed by atoms with Crippen molar-refractivity contribution in [3.05, 3.63) is 35.4 Å². The van der Waals surface area contributed by atoms with Gasteiger partial charge in [0.2, 0.25) is 5.91 Å². The molecule has 1 aromatic carbocycles. The summed E-state index contributed by atoms with van der Waals surface area (Å²) in [7, 11) is 3.51. The summed E-state index contributed by atoms with van der Waals surface area (Å²) in [6.45, 7) is 1.72. The summed E-state index contributed by atoms with van der Waals surface area (Å²) < 4.78 is 5.68. The Balaban J connectivity index is 0.00000261. The highest BCUT2D eigenvalue weighted by atomic mass is 127. The second-order valence-corrected chi connectivity index (χ2v) is 7.32. The number of ether oxygens (including phenoxy) is 1. The van der Waals surface area contributed by atoms with Crippen LogP contribution in [0.3, 0.4) is 0 Å². The molecule has 7 heteroatoms. The zero-order chi connectivity index (χ0) is 18.4. The number of carbonyl (C=O) groups excluding carboxylic acids is 1. The number of nitrogens with zero attached hydrogens (tertiary/aromatic N) is 2. The molecule has 0 aromatic heterocycles. The lowest BCUT2D eigenvalue weighted by molar-refractivity contribution is -0.127. The Morgan fingerprint density at radius 3 is 2.74 bits per heavy atom. The zero-order valence-corrected chi connectivity index (χ0v) is 18.6. The Morgan fingerprint density at radius 2 is 2.04 bits per heavy atom. The highest BCUT2D eigenvalue weighted by Crippen LogP contribution is 2.21. The predicted octanol–water partition coefficient (Wildman–Crippen LogP) is 1.96. The van der Waals surface area contributed by atoms with E-state index in [0.717, 1.165) is 45.3 Å². The third-order valence-electron chi connectivity index (χ3n) is 5.08. The van der Waals surface area contributed by atoms with Crippen LogP contribution in [-0.4, -0.2) is 62.7 Å². The van der Waals surface area contributed by atoms with E-state index in [0.29, 0.717) is 12.0 Å². The van der Waals surface area contributed by atoms with Gasteiger partial charge in [0.15, 0.2) is 5.96 Å². The van der Waals surface area contributed by atoms with Gasteiger partial charge in [-0.3, -0.25) is 4.79 Å². The SMILES string of the molecule is CN(C)C(=O)CN=C(NCC1CCCO1)NC1CCc2ccccc2C1.I. The number of hydrogen-bond acceptors (Lipinski definition) is 3. The number of aryl methyl sites for hydroxylation is 1. The first kappa shape index (κ1) is 21.9. The van der Waals surface area contributed by atoms with E-state index >= 15 is 0 Å². The number of hydrogen-bond donors (Lipinski definition) is 2. The molecule has 1 amide bonds.